The number of hydrogen-bond donors (Lipinski definition) is 1. The molecule has 0 spiro atoms. The summed E-state index contributed by atoms with van der Waals surface area (Å²) in [4.78, 5) is 4.20. The van der Waals surface area contributed by atoms with Gasteiger partial charge in [-0.05, 0) is 30.0 Å². The van der Waals surface area contributed by atoms with Crippen LogP contribution in [0.4, 0.5) is 4.39 Å². The van der Waals surface area contributed by atoms with Crippen LogP contribution >= 0.6 is 0 Å². The van der Waals surface area contributed by atoms with Gasteiger partial charge in [0.2, 0.25) is 0 Å². The molecule has 0 amide bonds. The average Bonchev–Trinajstić information content (AvgIpc) is 2.46. The van der Waals surface area contributed by atoms with Crippen molar-refractivity contribution in [3.8, 4) is 0 Å². The van der Waals surface area contributed by atoms with Crippen LogP contribution in [0, 0.1) is 5.82 Å². The highest BCUT2D eigenvalue weighted by molar-refractivity contribution is 5.85. The van der Waals surface area contributed by atoms with Crippen molar-refractivity contribution < 1.29 is 9.50 Å². The second-order valence-electron chi connectivity index (χ2n) is 5.49. The molecule has 0 saturated heterocycles. The van der Waals surface area contributed by atoms with E-state index in [4.69, 9.17) is 0 Å². The maximum atomic E-state index is 13.3. The maximum Gasteiger partial charge on any atom is 0.123 e. The summed E-state index contributed by atoms with van der Waals surface area (Å²) in [5.74, 6) is -0.292. The molecule has 0 fully saturated rings. The smallest absolute Gasteiger partial charge is 0.123 e. The zero-order chi connectivity index (χ0) is 14.9. The number of aromatic nitrogens is 1. The van der Waals surface area contributed by atoms with Crippen LogP contribution in [0.3, 0.4) is 0 Å². The molecular weight excluding hydrogens is 265 g/mol. The number of halogens is 1. The first-order valence-corrected chi connectivity index (χ1v) is 6.86. The molecule has 2 nitrogen and oxygen atoms in total. The van der Waals surface area contributed by atoms with E-state index in [1.165, 1.54) is 12.1 Å². The summed E-state index contributed by atoms with van der Waals surface area (Å²) in [6.07, 6.45) is 3.79. The topological polar surface area (TPSA) is 33.1 Å². The number of rotatable bonds is 3. The molecule has 3 heteroatoms. The van der Waals surface area contributed by atoms with E-state index in [0.29, 0.717) is 6.42 Å². The van der Waals surface area contributed by atoms with Crippen LogP contribution in [0.5, 0.6) is 0 Å². The summed E-state index contributed by atoms with van der Waals surface area (Å²) in [6, 6.07) is 14.1. The lowest BCUT2D eigenvalue weighted by atomic mass is 9.87. The van der Waals surface area contributed by atoms with E-state index in [1.54, 1.807) is 25.4 Å². The minimum atomic E-state index is -1.11. The van der Waals surface area contributed by atoms with Crippen molar-refractivity contribution in [1.29, 1.82) is 0 Å². The molecule has 0 bridgehead atoms. The fourth-order valence-corrected chi connectivity index (χ4v) is 2.69. The molecule has 1 aromatic heterocycles. The van der Waals surface area contributed by atoms with Gasteiger partial charge in [0, 0.05) is 29.8 Å². The van der Waals surface area contributed by atoms with E-state index in [1.807, 2.05) is 30.3 Å². The van der Waals surface area contributed by atoms with E-state index >= 15 is 0 Å². The Morgan fingerprint density at radius 1 is 1.10 bits per heavy atom. The van der Waals surface area contributed by atoms with Crippen LogP contribution < -0.4 is 0 Å². The standard InChI is InChI=1S/C18H16FNO/c1-18(21,10-13-5-4-7-15(19)9-13)17-12-20-11-14-6-2-3-8-16(14)17/h2-9,11-12,21H,10H2,1H3. The van der Waals surface area contributed by atoms with Crippen LogP contribution in [-0.4, -0.2) is 10.1 Å². The minimum absolute atomic E-state index is 0.292. The first kappa shape index (κ1) is 13.7. The summed E-state index contributed by atoms with van der Waals surface area (Å²) >= 11 is 0. The Morgan fingerprint density at radius 2 is 1.90 bits per heavy atom. The molecule has 1 atom stereocenters. The fourth-order valence-electron chi connectivity index (χ4n) is 2.69. The van der Waals surface area contributed by atoms with Gasteiger partial charge in [0.1, 0.15) is 5.82 Å². The summed E-state index contributed by atoms with van der Waals surface area (Å²) in [6.45, 7) is 1.74. The Labute approximate surface area is 122 Å². The number of hydrogen-bond acceptors (Lipinski definition) is 2. The molecule has 21 heavy (non-hydrogen) atoms. The van der Waals surface area contributed by atoms with Crippen molar-refractivity contribution in [2.24, 2.45) is 0 Å². The molecule has 1 heterocycles. The summed E-state index contributed by atoms with van der Waals surface area (Å²) < 4.78 is 13.3. The Kier molecular flexibility index (Phi) is 3.43. The monoisotopic (exact) mass is 281 g/mol. The SMILES string of the molecule is CC(O)(Cc1cccc(F)c1)c1cncc2ccccc12. The van der Waals surface area contributed by atoms with E-state index in [9.17, 15) is 9.50 Å². The Bertz CT molecular complexity index is 778. The number of pyridine rings is 1. The number of benzene rings is 2. The van der Waals surface area contributed by atoms with Gasteiger partial charge in [0.25, 0.3) is 0 Å². The van der Waals surface area contributed by atoms with Gasteiger partial charge in [0.05, 0.1) is 5.60 Å². The molecule has 3 aromatic rings. The van der Waals surface area contributed by atoms with Crippen molar-refractivity contribution in [3.63, 3.8) is 0 Å². The van der Waals surface area contributed by atoms with Crippen molar-refractivity contribution in [1.82, 2.24) is 4.98 Å². The third kappa shape index (κ3) is 2.78. The van der Waals surface area contributed by atoms with Crippen molar-refractivity contribution >= 4 is 10.8 Å². The lowest BCUT2D eigenvalue weighted by molar-refractivity contribution is 0.0588. The minimum Gasteiger partial charge on any atom is -0.385 e. The van der Waals surface area contributed by atoms with Gasteiger partial charge >= 0.3 is 0 Å². The molecule has 0 aliphatic heterocycles. The third-order valence-electron chi connectivity index (χ3n) is 3.69. The lowest BCUT2D eigenvalue weighted by Gasteiger charge is -2.25. The fraction of sp³-hybridized carbons (Fsp3) is 0.167. The van der Waals surface area contributed by atoms with E-state index < -0.39 is 5.60 Å². The molecule has 1 unspecified atom stereocenters. The lowest BCUT2D eigenvalue weighted by Crippen LogP contribution is -2.25. The second-order valence-corrected chi connectivity index (χ2v) is 5.49. The summed E-state index contributed by atoms with van der Waals surface area (Å²) in [5.41, 5.74) is 0.402. The first-order valence-electron chi connectivity index (χ1n) is 6.86. The molecule has 106 valence electrons. The number of aliphatic hydroxyl groups is 1. The predicted molar refractivity (Wildman–Crippen MR) is 81.4 cm³/mol. The molecule has 1 N–H and O–H groups in total. The van der Waals surface area contributed by atoms with Gasteiger partial charge in [-0.2, -0.15) is 0 Å². The molecule has 0 aliphatic rings. The first-order chi connectivity index (χ1) is 10.1. The Hall–Kier alpha value is -2.26. The average molecular weight is 281 g/mol. The summed E-state index contributed by atoms with van der Waals surface area (Å²) in [5, 5.41) is 12.8. The van der Waals surface area contributed by atoms with E-state index in [-0.39, 0.29) is 5.82 Å². The zero-order valence-electron chi connectivity index (χ0n) is 11.8. The van der Waals surface area contributed by atoms with Crippen molar-refractivity contribution in [3.05, 3.63) is 77.9 Å². The predicted octanol–water partition coefficient (Wildman–Crippen LogP) is 3.82. The van der Waals surface area contributed by atoms with Gasteiger partial charge < -0.3 is 5.11 Å². The van der Waals surface area contributed by atoms with Crippen LogP contribution in [0.25, 0.3) is 10.8 Å². The van der Waals surface area contributed by atoms with Crippen molar-refractivity contribution in [2.45, 2.75) is 18.9 Å². The third-order valence-corrected chi connectivity index (χ3v) is 3.69. The zero-order valence-corrected chi connectivity index (χ0v) is 11.8. The highest BCUT2D eigenvalue weighted by atomic mass is 19.1. The van der Waals surface area contributed by atoms with Crippen LogP contribution in [0.2, 0.25) is 0 Å². The van der Waals surface area contributed by atoms with Crippen molar-refractivity contribution in [2.75, 3.05) is 0 Å². The quantitative estimate of drug-likeness (QED) is 0.791. The molecule has 0 aliphatic carbocycles. The van der Waals surface area contributed by atoms with Gasteiger partial charge in [-0.3, -0.25) is 4.98 Å². The van der Waals surface area contributed by atoms with Crippen LogP contribution in [0.1, 0.15) is 18.1 Å². The highest BCUT2D eigenvalue weighted by Crippen LogP contribution is 2.30. The van der Waals surface area contributed by atoms with Gasteiger partial charge in [-0.15, -0.1) is 0 Å². The molecule has 2 aromatic carbocycles. The van der Waals surface area contributed by atoms with Gasteiger partial charge in [0.15, 0.2) is 0 Å². The Balaban J connectivity index is 2.04. The number of fused-ring (bicyclic) bond motifs is 1. The largest absolute Gasteiger partial charge is 0.385 e. The maximum absolute atomic E-state index is 13.3. The van der Waals surface area contributed by atoms with Gasteiger partial charge in [-0.1, -0.05) is 36.4 Å². The molecule has 3 rings (SSSR count). The van der Waals surface area contributed by atoms with Crippen LogP contribution in [-0.2, 0) is 12.0 Å². The normalized spacial score (nSPS) is 14.0. The van der Waals surface area contributed by atoms with E-state index in [0.717, 1.165) is 21.9 Å². The molecule has 0 saturated carbocycles. The number of nitrogens with zero attached hydrogens (tertiary/aromatic N) is 1. The van der Waals surface area contributed by atoms with E-state index in [2.05, 4.69) is 4.98 Å². The molecule has 0 radical (unpaired) electrons. The van der Waals surface area contributed by atoms with Gasteiger partial charge in [-0.25, -0.2) is 4.39 Å². The molecular formula is C18H16FNO. The Morgan fingerprint density at radius 3 is 2.71 bits per heavy atom. The second kappa shape index (κ2) is 5.26. The summed E-state index contributed by atoms with van der Waals surface area (Å²) in [7, 11) is 0. The van der Waals surface area contributed by atoms with Crippen LogP contribution in [0.15, 0.2) is 60.9 Å². The highest BCUT2D eigenvalue weighted by Gasteiger charge is 2.26.